The third kappa shape index (κ3) is 4.48. The number of sulfonamides is 1. The number of aromatic nitrogens is 1. The third-order valence-electron chi connectivity index (χ3n) is 5.23. The zero-order valence-corrected chi connectivity index (χ0v) is 18.5. The van der Waals surface area contributed by atoms with E-state index in [1.54, 1.807) is 48.1 Å². The Bertz CT molecular complexity index is 1450. The molecule has 0 bridgehead atoms. The maximum absolute atomic E-state index is 13.5. The number of hydrogen-bond acceptors (Lipinski definition) is 5. The van der Waals surface area contributed by atoms with E-state index in [0.717, 1.165) is 10.9 Å². The number of anilines is 1. The average Bonchev–Trinajstić information content (AvgIpc) is 2.86. The van der Waals surface area contributed by atoms with Gasteiger partial charge < -0.3 is 0 Å². The molecule has 0 aliphatic rings. The van der Waals surface area contributed by atoms with Gasteiger partial charge in [-0.3, -0.25) is 19.3 Å². The first-order valence-electron chi connectivity index (χ1n) is 10.1. The number of benzene rings is 3. The molecule has 1 aromatic heterocycles. The van der Waals surface area contributed by atoms with E-state index < -0.39 is 15.9 Å². The Labute approximate surface area is 191 Å². The quantitative estimate of drug-likeness (QED) is 0.258. The molecular formula is C25H21N3O4S. The molecule has 33 heavy (non-hydrogen) atoms. The molecule has 0 atom stereocenters. The highest BCUT2D eigenvalue weighted by atomic mass is 32.2. The van der Waals surface area contributed by atoms with Crippen molar-refractivity contribution in [3.8, 4) is 0 Å². The van der Waals surface area contributed by atoms with Crippen LogP contribution in [0.5, 0.6) is 0 Å². The van der Waals surface area contributed by atoms with Gasteiger partial charge in [-0.2, -0.15) is 0 Å². The van der Waals surface area contributed by atoms with E-state index in [2.05, 4.69) is 4.98 Å². The van der Waals surface area contributed by atoms with Gasteiger partial charge in [0.2, 0.25) is 0 Å². The molecular weight excluding hydrogens is 438 g/mol. The predicted molar refractivity (Wildman–Crippen MR) is 127 cm³/mol. The first-order valence-corrected chi connectivity index (χ1v) is 11.5. The fraction of sp³-hybridized carbons (Fsp3) is 0.0400. The minimum Gasteiger partial charge on any atom is -0.288 e. The Morgan fingerprint density at radius 3 is 2.39 bits per heavy atom. The highest BCUT2D eigenvalue weighted by Gasteiger charge is 2.24. The van der Waals surface area contributed by atoms with Crippen molar-refractivity contribution in [1.82, 2.24) is 10.5 Å². The van der Waals surface area contributed by atoms with Crippen molar-refractivity contribution in [2.45, 2.75) is 4.90 Å². The molecule has 0 aliphatic carbocycles. The van der Waals surface area contributed by atoms with Crippen molar-refractivity contribution in [2.75, 3.05) is 11.4 Å². The normalized spacial score (nSPS) is 11.9. The second-order valence-electron chi connectivity index (χ2n) is 7.25. The molecule has 3 aromatic carbocycles. The smallest absolute Gasteiger partial charge is 0.267 e. The number of hydrogen-bond donors (Lipinski definition) is 2. The summed E-state index contributed by atoms with van der Waals surface area (Å²) in [6, 6.07) is 24.6. The number of para-hydroxylation sites is 1. The largest absolute Gasteiger partial charge is 0.288 e. The Kier molecular flexibility index (Phi) is 6.21. The van der Waals surface area contributed by atoms with Gasteiger partial charge in [-0.25, -0.2) is 13.9 Å². The van der Waals surface area contributed by atoms with Gasteiger partial charge in [-0.15, -0.1) is 0 Å². The van der Waals surface area contributed by atoms with Gasteiger partial charge in [0, 0.05) is 24.7 Å². The Balaban J connectivity index is 1.79. The molecule has 8 heteroatoms. The molecule has 1 amide bonds. The van der Waals surface area contributed by atoms with Crippen molar-refractivity contribution in [3.05, 3.63) is 108 Å². The highest BCUT2D eigenvalue weighted by Crippen LogP contribution is 2.30. The number of carbonyl (C=O) groups is 1. The molecule has 0 saturated heterocycles. The molecule has 0 radical (unpaired) electrons. The van der Waals surface area contributed by atoms with Crippen LogP contribution in [0.2, 0.25) is 0 Å². The Hall–Kier alpha value is -4.01. The van der Waals surface area contributed by atoms with Gasteiger partial charge >= 0.3 is 0 Å². The SMILES string of the molecule is CN(c1cccc(C(=CC(=O)NO)c2ccccc2)c1)S(=O)(=O)c1cccc2cccnc12. The zero-order chi connectivity index (χ0) is 23.4. The van der Waals surface area contributed by atoms with Crippen LogP contribution in [0.25, 0.3) is 16.5 Å². The lowest BCUT2D eigenvalue weighted by atomic mass is 9.97. The molecule has 0 saturated carbocycles. The summed E-state index contributed by atoms with van der Waals surface area (Å²) in [5.74, 6) is -0.693. The van der Waals surface area contributed by atoms with Crippen molar-refractivity contribution in [3.63, 3.8) is 0 Å². The van der Waals surface area contributed by atoms with E-state index in [-0.39, 0.29) is 4.90 Å². The summed E-state index contributed by atoms with van der Waals surface area (Å²) in [4.78, 5) is 16.3. The Morgan fingerprint density at radius 2 is 1.64 bits per heavy atom. The minimum absolute atomic E-state index is 0.104. The number of amides is 1. The summed E-state index contributed by atoms with van der Waals surface area (Å²) in [5, 5.41) is 9.73. The fourth-order valence-electron chi connectivity index (χ4n) is 3.55. The van der Waals surface area contributed by atoms with Crippen LogP contribution in [0.4, 0.5) is 5.69 Å². The minimum atomic E-state index is -3.92. The van der Waals surface area contributed by atoms with E-state index in [0.29, 0.717) is 22.3 Å². The Morgan fingerprint density at radius 1 is 0.939 bits per heavy atom. The summed E-state index contributed by atoms with van der Waals surface area (Å²) < 4.78 is 28.2. The van der Waals surface area contributed by atoms with E-state index in [1.165, 1.54) is 23.5 Å². The van der Waals surface area contributed by atoms with Crippen LogP contribution in [-0.2, 0) is 14.8 Å². The van der Waals surface area contributed by atoms with Crippen molar-refractivity contribution < 1.29 is 18.4 Å². The van der Waals surface area contributed by atoms with E-state index in [9.17, 15) is 13.2 Å². The molecule has 7 nitrogen and oxygen atoms in total. The molecule has 0 unspecified atom stereocenters. The molecule has 0 aliphatic heterocycles. The molecule has 4 aromatic rings. The van der Waals surface area contributed by atoms with E-state index >= 15 is 0 Å². The average molecular weight is 460 g/mol. The van der Waals surface area contributed by atoms with Gasteiger partial charge in [0.15, 0.2) is 0 Å². The van der Waals surface area contributed by atoms with Crippen LogP contribution in [0, 0.1) is 0 Å². The lowest BCUT2D eigenvalue weighted by molar-refractivity contribution is -0.124. The standard InChI is InChI=1S/C25H21N3O4S/c1-28(33(31,32)23-14-6-10-19-12-7-15-26-25(19)23)21-13-5-11-20(16-21)22(17-24(29)27-30)18-8-3-2-4-9-18/h2-17,30H,1H3,(H,27,29). The van der Waals surface area contributed by atoms with Crippen LogP contribution in [0.1, 0.15) is 11.1 Å². The number of rotatable bonds is 6. The van der Waals surface area contributed by atoms with Crippen LogP contribution in [-0.4, -0.2) is 31.6 Å². The van der Waals surface area contributed by atoms with Gasteiger partial charge in [0.25, 0.3) is 15.9 Å². The van der Waals surface area contributed by atoms with E-state index in [4.69, 9.17) is 5.21 Å². The van der Waals surface area contributed by atoms with Crippen LogP contribution in [0.3, 0.4) is 0 Å². The van der Waals surface area contributed by atoms with Crippen LogP contribution in [0.15, 0.2) is 102 Å². The van der Waals surface area contributed by atoms with Crippen molar-refractivity contribution in [2.24, 2.45) is 0 Å². The zero-order valence-electron chi connectivity index (χ0n) is 17.7. The molecule has 1 heterocycles. The number of hydroxylamine groups is 1. The second-order valence-corrected chi connectivity index (χ2v) is 9.19. The number of pyridine rings is 1. The van der Waals surface area contributed by atoms with Gasteiger partial charge in [-0.1, -0.05) is 60.7 Å². The maximum Gasteiger partial charge on any atom is 0.267 e. The highest BCUT2D eigenvalue weighted by molar-refractivity contribution is 7.93. The van der Waals surface area contributed by atoms with E-state index in [1.807, 2.05) is 42.5 Å². The first kappa shape index (κ1) is 22.2. The van der Waals surface area contributed by atoms with Crippen LogP contribution < -0.4 is 9.79 Å². The molecule has 2 N–H and O–H groups in total. The topological polar surface area (TPSA) is 99.6 Å². The second kappa shape index (κ2) is 9.23. The molecule has 0 spiro atoms. The summed E-state index contributed by atoms with van der Waals surface area (Å²) in [6.45, 7) is 0. The summed E-state index contributed by atoms with van der Waals surface area (Å²) >= 11 is 0. The van der Waals surface area contributed by atoms with Crippen LogP contribution >= 0.6 is 0 Å². The van der Waals surface area contributed by atoms with Gasteiger partial charge in [0.1, 0.15) is 4.90 Å². The van der Waals surface area contributed by atoms with Gasteiger partial charge in [0.05, 0.1) is 11.2 Å². The lowest BCUT2D eigenvalue weighted by Crippen LogP contribution is -2.27. The first-order chi connectivity index (χ1) is 15.9. The predicted octanol–water partition coefficient (Wildman–Crippen LogP) is 4.00. The lowest BCUT2D eigenvalue weighted by Gasteiger charge is -2.21. The summed E-state index contributed by atoms with van der Waals surface area (Å²) in [7, 11) is -2.45. The number of carbonyl (C=O) groups excluding carboxylic acids is 1. The number of nitrogens with zero attached hydrogens (tertiary/aromatic N) is 2. The summed E-state index contributed by atoms with van der Waals surface area (Å²) in [5.41, 5.74) is 4.29. The fourth-order valence-corrected chi connectivity index (χ4v) is 4.91. The molecule has 0 fully saturated rings. The van der Waals surface area contributed by atoms with Crippen molar-refractivity contribution >= 4 is 38.1 Å². The van der Waals surface area contributed by atoms with Crippen molar-refractivity contribution in [1.29, 1.82) is 0 Å². The maximum atomic E-state index is 13.5. The number of fused-ring (bicyclic) bond motifs is 1. The molecule has 166 valence electrons. The third-order valence-corrected chi connectivity index (χ3v) is 7.04. The number of nitrogens with one attached hydrogen (secondary N) is 1. The van der Waals surface area contributed by atoms with Gasteiger partial charge in [-0.05, 0) is 41.0 Å². The molecule has 4 rings (SSSR count). The summed E-state index contributed by atoms with van der Waals surface area (Å²) in [6.07, 6.45) is 2.82. The monoisotopic (exact) mass is 459 g/mol.